The SMILES string of the molecule is CCOC(=O)C(O)(CC(=O)Oc1ccccc1)c1ccccc1. The molecule has 0 amide bonds. The van der Waals surface area contributed by atoms with Crippen molar-refractivity contribution in [1.82, 2.24) is 0 Å². The van der Waals surface area contributed by atoms with Crippen molar-refractivity contribution < 1.29 is 24.2 Å². The van der Waals surface area contributed by atoms with Crippen LogP contribution in [0.25, 0.3) is 0 Å². The third kappa shape index (κ3) is 4.17. The molecule has 120 valence electrons. The summed E-state index contributed by atoms with van der Waals surface area (Å²) in [5, 5.41) is 10.8. The van der Waals surface area contributed by atoms with Gasteiger partial charge in [0.1, 0.15) is 5.75 Å². The Bertz CT molecular complexity index is 654. The minimum atomic E-state index is -2.08. The number of carbonyl (C=O) groups is 2. The van der Waals surface area contributed by atoms with Gasteiger partial charge in [0.05, 0.1) is 13.0 Å². The van der Waals surface area contributed by atoms with Crippen LogP contribution in [0, 0.1) is 0 Å². The maximum Gasteiger partial charge on any atom is 0.343 e. The Kier molecular flexibility index (Phi) is 5.49. The summed E-state index contributed by atoms with van der Waals surface area (Å²) in [6, 6.07) is 16.7. The van der Waals surface area contributed by atoms with Crippen molar-refractivity contribution in [3.63, 3.8) is 0 Å². The molecule has 2 rings (SSSR count). The molecule has 0 spiro atoms. The number of hydrogen-bond acceptors (Lipinski definition) is 5. The third-order valence-corrected chi connectivity index (χ3v) is 3.24. The molecule has 2 aromatic carbocycles. The van der Waals surface area contributed by atoms with E-state index in [9.17, 15) is 14.7 Å². The van der Waals surface area contributed by atoms with Crippen molar-refractivity contribution in [3.8, 4) is 5.75 Å². The Hall–Kier alpha value is -2.66. The number of rotatable bonds is 6. The Labute approximate surface area is 134 Å². The minimum absolute atomic E-state index is 0.0989. The average Bonchev–Trinajstić information content (AvgIpc) is 2.56. The second-order valence-corrected chi connectivity index (χ2v) is 4.91. The van der Waals surface area contributed by atoms with E-state index in [0.29, 0.717) is 5.75 Å². The molecule has 2 aromatic rings. The molecule has 0 saturated carbocycles. The first-order valence-electron chi connectivity index (χ1n) is 7.27. The van der Waals surface area contributed by atoms with Crippen molar-refractivity contribution in [2.75, 3.05) is 6.61 Å². The Balaban J connectivity index is 2.21. The van der Waals surface area contributed by atoms with Crippen LogP contribution in [0.15, 0.2) is 60.7 Å². The molecule has 23 heavy (non-hydrogen) atoms. The van der Waals surface area contributed by atoms with Gasteiger partial charge < -0.3 is 14.6 Å². The van der Waals surface area contributed by atoms with Crippen LogP contribution in [0.2, 0.25) is 0 Å². The Morgan fingerprint density at radius 3 is 2.13 bits per heavy atom. The molecule has 0 bridgehead atoms. The van der Waals surface area contributed by atoms with E-state index < -0.39 is 24.0 Å². The first-order valence-corrected chi connectivity index (χ1v) is 7.27. The second kappa shape index (κ2) is 7.56. The van der Waals surface area contributed by atoms with E-state index in [4.69, 9.17) is 9.47 Å². The van der Waals surface area contributed by atoms with Gasteiger partial charge in [-0.3, -0.25) is 4.79 Å². The lowest BCUT2D eigenvalue weighted by atomic mass is 9.90. The third-order valence-electron chi connectivity index (χ3n) is 3.24. The van der Waals surface area contributed by atoms with E-state index in [1.165, 1.54) is 0 Å². The summed E-state index contributed by atoms with van der Waals surface area (Å²) in [7, 11) is 0. The van der Waals surface area contributed by atoms with Gasteiger partial charge in [-0.15, -0.1) is 0 Å². The van der Waals surface area contributed by atoms with Crippen molar-refractivity contribution in [1.29, 1.82) is 0 Å². The van der Waals surface area contributed by atoms with Crippen LogP contribution in [-0.2, 0) is 19.9 Å². The van der Waals surface area contributed by atoms with E-state index in [-0.39, 0.29) is 12.2 Å². The highest BCUT2D eigenvalue weighted by Crippen LogP contribution is 2.27. The summed E-state index contributed by atoms with van der Waals surface area (Å²) in [4.78, 5) is 24.3. The fourth-order valence-electron chi connectivity index (χ4n) is 2.12. The van der Waals surface area contributed by atoms with Crippen LogP contribution in [0.4, 0.5) is 0 Å². The summed E-state index contributed by atoms with van der Waals surface area (Å²) in [6.45, 7) is 1.73. The first kappa shape index (κ1) is 16.7. The molecule has 0 aliphatic carbocycles. The van der Waals surface area contributed by atoms with Crippen molar-refractivity contribution in [3.05, 3.63) is 66.2 Å². The lowest BCUT2D eigenvalue weighted by Gasteiger charge is -2.25. The zero-order valence-corrected chi connectivity index (χ0v) is 12.8. The fourth-order valence-corrected chi connectivity index (χ4v) is 2.12. The Morgan fingerprint density at radius 2 is 1.57 bits per heavy atom. The number of benzene rings is 2. The standard InChI is InChI=1S/C18H18O5/c1-2-22-17(20)18(21,14-9-5-3-6-10-14)13-16(19)23-15-11-7-4-8-12-15/h3-12,21H,2,13H2,1H3. The molecule has 0 heterocycles. The number of aliphatic hydroxyl groups is 1. The van der Waals surface area contributed by atoms with Crippen LogP contribution < -0.4 is 4.74 Å². The van der Waals surface area contributed by atoms with Gasteiger partial charge in [-0.2, -0.15) is 0 Å². The summed E-state index contributed by atoms with van der Waals surface area (Å²) in [6.07, 6.45) is -0.537. The molecule has 0 aromatic heterocycles. The molecule has 0 saturated heterocycles. The number of ether oxygens (including phenoxy) is 2. The number of hydrogen-bond donors (Lipinski definition) is 1. The predicted octanol–water partition coefficient (Wildman–Crippen LogP) is 2.43. The van der Waals surface area contributed by atoms with Gasteiger partial charge in [-0.1, -0.05) is 48.5 Å². The topological polar surface area (TPSA) is 72.8 Å². The minimum Gasteiger partial charge on any atom is -0.464 e. The van der Waals surface area contributed by atoms with E-state index >= 15 is 0 Å². The van der Waals surface area contributed by atoms with Crippen LogP contribution >= 0.6 is 0 Å². The molecular formula is C18H18O5. The molecule has 1 atom stereocenters. The average molecular weight is 314 g/mol. The lowest BCUT2D eigenvalue weighted by Crippen LogP contribution is -2.40. The van der Waals surface area contributed by atoms with E-state index in [1.807, 2.05) is 0 Å². The van der Waals surface area contributed by atoms with Crippen molar-refractivity contribution in [2.24, 2.45) is 0 Å². The van der Waals surface area contributed by atoms with Gasteiger partial charge >= 0.3 is 11.9 Å². The fraction of sp³-hybridized carbons (Fsp3) is 0.222. The second-order valence-electron chi connectivity index (χ2n) is 4.91. The molecule has 0 aliphatic heterocycles. The number of esters is 2. The highest BCUT2D eigenvalue weighted by atomic mass is 16.6. The van der Waals surface area contributed by atoms with Crippen molar-refractivity contribution >= 4 is 11.9 Å². The summed E-state index contributed by atoms with van der Waals surface area (Å²) in [5.74, 6) is -1.26. The van der Waals surface area contributed by atoms with E-state index in [2.05, 4.69) is 0 Å². The molecular weight excluding hydrogens is 296 g/mol. The number of para-hydroxylation sites is 1. The summed E-state index contributed by atoms with van der Waals surface area (Å²) in [5.41, 5.74) is -1.80. The van der Waals surface area contributed by atoms with Gasteiger partial charge in [-0.05, 0) is 24.6 Å². The van der Waals surface area contributed by atoms with Crippen LogP contribution in [0.5, 0.6) is 5.75 Å². The lowest BCUT2D eigenvalue weighted by molar-refractivity contribution is -0.171. The molecule has 5 heteroatoms. The summed E-state index contributed by atoms with van der Waals surface area (Å²) >= 11 is 0. The molecule has 1 unspecified atom stereocenters. The molecule has 0 radical (unpaired) electrons. The van der Waals surface area contributed by atoms with Crippen LogP contribution in [0.3, 0.4) is 0 Å². The van der Waals surface area contributed by atoms with Gasteiger partial charge in [0.25, 0.3) is 0 Å². The molecule has 5 nitrogen and oxygen atoms in total. The van der Waals surface area contributed by atoms with Gasteiger partial charge in [-0.25, -0.2) is 4.79 Å². The smallest absolute Gasteiger partial charge is 0.343 e. The van der Waals surface area contributed by atoms with E-state index in [0.717, 1.165) is 0 Å². The quantitative estimate of drug-likeness (QED) is 0.655. The predicted molar refractivity (Wildman–Crippen MR) is 83.7 cm³/mol. The van der Waals surface area contributed by atoms with Crippen molar-refractivity contribution in [2.45, 2.75) is 18.9 Å². The summed E-state index contributed by atoms with van der Waals surface area (Å²) < 4.78 is 10.1. The van der Waals surface area contributed by atoms with E-state index in [1.54, 1.807) is 67.6 Å². The monoisotopic (exact) mass is 314 g/mol. The normalized spacial score (nSPS) is 13.0. The maximum absolute atomic E-state index is 12.2. The largest absolute Gasteiger partial charge is 0.464 e. The number of carbonyl (C=O) groups excluding carboxylic acids is 2. The van der Waals surface area contributed by atoms with Crippen LogP contribution in [-0.4, -0.2) is 23.7 Å². The zero-order valence-electron chi connectivity index (χ0n) is 12.8. The maximum atomic E-state index is 12.2. The zero-order chi connectivity index (χ0) is 16.7. The molecule has 0 aliphatic rings. The molecule has 1 N–H and O–H groups in total. The van der Waals surface area contributed by atoms with Gasteiger partial charge in [0, 0.05) is 0 Å². The van der Waals surface area contributed by atoms with Gasteiger partial charge in [0.15, 0.2) is 5.60 Å². The molecule has 0 fully saturated rings. The Morgan fingerprint density at radius 1 is 1.00 bits per heavy atom. The van der Waals surface area contributed by atoms with Gasteiger partial charge in [0.2, 0.25) is 0 Å². The van der Waals surface area contributed by atoms with Crippen LogP contribution in [0.1, 0.15) is 18.9 Å². The first-order chi connectivity index (χ1) is 11.1. The highest BCUT2D eigenvalue weighted by molar-refractivity contribution is 5.87. The highest BCUT2D eigenvalue weighted by Gasteiger charge is 2.42.